The van der Waals surface area contributed by atoms with Crippen LogP contribution in [0.1, 0.15) is 17.2 Å². The third kappa shape index (κ3) is 3.48. The molecule has 2 aromatic rings. The number of carboxylic acids is 1. The number of benzene rings is 2. The van der Waals surface area contributed by atoms with Gasteiger partial charge in [0.05, 0.1) is 0 Å². The van der Waals surface area contributed by atoms with Crippen molar-refractivity contribution in [1.82, 2.24) is 0 Å². The SMILES string of the molecule is Cc1ccc(NC(C(=O)O)c2cccc(Cl)c2)cc1. The summed E-state index contributed by atoms with van der Waals surface area (Å²) in [5.41, 5.74) is 2.51. The van der Waals surface area contributed by atoms with Gasteiger partial charge >= 0.3 is 5.97 Å². The molecule has 1 unspecified atom stereocenters. The number of anilines is 1. The van der Waals surface area contributed by atoms with E-state index in [4.69, 9.17) is 11.6 Å². The van der Waals surface area contributed by atoms with Crippen LogP contribution in [0.3, 0.4) is 0 Å². The van der Waals surface area contributed by atoms with E-state index in [-0.39, 0.29) is 0 Å². The largest absolute Gasteiger partial charge is 0.479 e. The molecular formula is C15H14ClNO2. The van der Waals surface area contributed by atoms with E-state index in [9.17, 15) is 9.90 Å². The van der Waals surface area contributed by atoms with Crippen LogP contribution in [0, 0.1) is 6.92 Å². The minimum absolute atomic E-state index is 0.523. The van der Waals surface area contributed by atoms with Gasteiger partial charge in [0, 0.05) is 10.7 Å². The predicted molar refractivity (Wildman–Crippen MR) is 76.6 cm³/mol. The number of carbonyl (C=O) groups is 1. The molecule has 0 spiro atoms. The maximum Gasteiger partial charge on any atom is 0.330 e. The molecule has 0 aliphatic rings. The van der Waals surface area contributed by atoms with Gasteiger partial charge in [-0.25, -0.2) is 4.79 Å². The van der Waals surface area contributed by atoms with Gasteiger partial charge in [-0.05, 0) is 36.8 Å². The van der Waals surface area contributed by atoms with Crippen LogP contribution in [0.2, 0.25) is 5.02 Å². The monoisotopic (exact) mass is 275 g/mol. The minimum atomic E-state index is -0.942. The molecule has 2 N–H and O–H groups in total. The molecule has 0 aromatic heterocycles. The summed E-state index contributed by atoms with van der Waals surface area (Å²) >= 11 is 5.90. The Morgan fingerprint density at radius 2 is 1.89 bits per heavy atom. The van der Waals surface area contributed by atoms with Gasteiger partial charge in [0.1, 0.15) is 0 Å². The number of aryl methyl sites for hydroxylation is 1. The van der Waals surface area contributed by atoms with E-state index >= 15 is 0 Å². The van der Waals surface area contributed by atoms with Crippen molar-refractivity contribution < 1.29 is 9.90 Å². The summed E-state index contributed by atoms with van der Waals surface area (Å²) in [5.74, 6) is -0.942. The van der Waals surface area contributed by atoms with Crippen molar-refractivity contribution >= 4 is 23.3 Å². The van der Waals surface area contributed by atoms with Gasteiger partial charge in [0.25, 0.3) is 0 Å². The maximum atomic E-state index is 11.4. The van der Waals surface area contributed by atoms with Crippen LogP contribution in [-0.4, -0.2) is 11.1 Å². The Bertz CT molecular complexity index is 581. The Labute approximate surface area is 116 Å². The third-order valence-corrected chi connectivity index (χ3v) is 3.03. The molecule has 3 nitrogen and oxygen atoms in total. The minimum Gasteiger partial charge on any atom is -0.479 e. The number of hydrogen-bond acceptors (Lipinski definition) is 2. The lowest BCUT2D eigenvalue weighted by atomic mass is 10.1. The molecule has 0 fully saturated rings. The van der Waals surface area contributed by atoms with Gasteiger partial charge in [-0.15, -0.1) is 0 Å². The molecule has 0 saturated heterocycles. The molecule has 2 rings (SSSR count). The van der Waals surface area contributed by atoms with Crippen LogP contribution in [0.5, 0.6) is 0 Å². The van der Waals surface area contributed by atoms with E-state index in [0.717, 1.165) is 11.3 Å². The van der Waals surface area contributed by atoms with Gasteiger partial charge < -0.3 is 10.4 Å². The summed E-state index contributed by atoms with van der Waals surface area (Å²) in [6.07, 6.45) is 0. The Hall–Kier alpha value is -2.00. The van der Waals surface area contributed by atoms with Crippen LogP contribution in [0.25, 0.3) is 0 Å². The van der Waals surface area contributed by atoms with Crippen molar-refractivity contribution in [3.63, 3.8) is 0 Å². The highest BCUT2D eigenvalue weighted by atomic mass is 35.5. The molecule has 2 aromatic carbocycles. The van der Waals surface area contributed by atoms with Crippen LogP contribution in [0.15, 0.2) is 48.5 Å². The second kappa shape index (κ2) is 5.76. The third-order valence-electron chi connectivity index (χ3n) is 2.79. The lowest BCUT2D eigenvalue weighted by Crippen LogP contribution is -2.20. The zero-order valence-corrected chi connectivity index (χ0v) is 11.2. The zero-order valence-electron chi connectivity index (χ0n) is 10.4. The highest BCUT2D eigenvalue weighted by Gasteiger charge is 2.19. The number of nitrogens with one attached hydrogen (secondary N) is 1. The number of aliphatic carboxylic acids is 1. The van der Waals surface area contributed by atoms with Crippen molar-refractivity contribution in [1.29, 1.82) is 0 Å². The molecule has 98 valence electrons. The standard InChI is InChI=1S/C15H14ClNO2/c1-10-5-7-13(8-6-10)17-14(15(18)19)11-3-2-4-12(16)9-11/h2-9,14,17H,1H3,(H,18,19). The zero-order chi connectivity index (χ0) is 13.8. The van der Waals surface area contributed by atoms with Gasteiger partial charge in [-0.1, -0.05) is 41.4 Å². The fourth-order valence-electron chi connectivity index (χ4n) is 1.79. The van der Waals surface area contributed by atoms with Crippen molar-refractivity contribution in [2.45, 2.75) is 13.0 Å². The quantitative estimate of drug-likeness (QED) is 0.890. The van der Waals surface area contributed by atoms with Crippen LogP contribution in [-0.2, 0) is 4.79 Å². The average Bonchev–Trinajstić information content (AvgIpc) is 2.37. The van der Waals surface area contributed by atoms with Crippen molar-refractivity contribution in [3.8, 4) is 0 Å². The molecule has 1 atom stereocenters. The van der Waals surface area contributed by atoms with Gasteiger partial charge in [0.15, 0.2) is 6.04 Å². The molecule has 0 amide bonds. The molecular weight excluding hydrogens is 262 g/mol. The Morgan fingerprint density at radius 1 is 1.21 bits per heavy atom. The smallest absolute Gasteiger partial charge is 0.330 e. The molecule has 0 bridgehead atoms. The summed E-state index contributed by atoms with van der Waals surface area (Å²) in [7, 11) is 0. The first kappa shape index (κ1) is 13.4. The van der Waals surface area contributed by atoms with Crippen LogP contribution >= 0.6 is 11.6 Å². The molecule has 0 aliphatic heterocycles. The summed E-state index contributed by atoms with van der Waals surface area (Å²) in [4.78, 5) is 11.4. The summed E-state index contributed by atoms with van der Waals surface area (Å²) in [6, 6.07) is 13.6. The maximum absolute atomic E-state index is 11.4. The van der Waals surface area contributed by atoms with Gasteiger partial charge in [-0.3, -0.25) is 0 Å². The topological polar surface area (TPSA) is 49.3 Å². The second-order valence-corrected chi connectivity index (χ2v) is 4.77. The van der Waals surface area contributed by atoms with E-state index in [1.807, 2.05) is 31.2 Å². The molecule has 0 saturated carbocycles. The Kier molecular flexibility index (Phi) is 4.07. The Morgan fingerprint density at radius 3 is 2.47 bits per heavy atom. The second-order valence-electron chi connectivity index (χ2n) is 4.34. The van der Waals surface area contributed by atoms with Crippen molar-refractivity contribution in [3.05, 3.63) is 64.7 Å². The van der Waals surface area contributed by atoms with Crippen molar-refractivity contribution in [2.75, 3.05) is 5.32 Å². The number of rotatable bonds is 4. The van der Waals surface area contributed by atoms with Gasteiger partial charge in [-0.2, -0.15) is 0 Å². The van der Waals surface area contributed by atoms with Crippen molar-refractivity contribution in [2.24, 2.45) is 0 Å². The molecule has 19 heavy (non-hydrogen) atoms. The molecule has 0 radical (unpaired) electrons. The lowest BCUT2D eigenvalue weighted by molar-refractivity contribution is -0.138. The molecule has 0 heterocycles. The number of hydrogen-bond donors (Lipinski definition) is 2. The van der Waals surface area contributed by atoms with Gasteiger partial charge in [0.2, 0.25) is 0 Å². The summed E-state index contributed by atoms with van der Waals surface area (Å²) in [5, 5.41) is 12.8. The molecule has 0 aliphatic carbocycles. The lowest BCUT2D eigenvalue weighted by Gasteiger charge is -2.16. The predicted octanol–water partition coefficient (Wildman–Crippen LogP) is 3.89. The normalized spacial score (nSPS) is 11.9. The Balaban J connectivity index is 2.26. The van der Waals surface area contributed by atoms with E-state index in [0.29, 0.717) is 10.6 Å². The highest BCUT2D eigenvalue weighted by Crippen LogP contribution is 2.22. The van der Waals surface area contributed by atoms with E-state index in [1.165, 1.54) is 0 Å². The molecule has 4 heteroatoms. The van der Waals surface area contributed by atoms with Crippen LogP contribution in [0.4, 0.5) is 5.69 Å². The van der Waals surface area contributed by atoms with E-state index in [1.54, 1.807) is 24.3 Å². The van der Waals surface area contributed by atoms with Crippen LogP contribution < -0.4 is 5.32 Å². The number of carboxylic acid groups (broad SMARTS) is 1. The fourth-order valence-corrected chi connectivity index (χ4v) is 1.99. The first-order valence-corrected chi connectivity index (χ1v) is 6.25. The summed E-state index contributed by atoms with van der Waals surface area (Å²) in [6.45, 7) is 1.98. The summed E-state index contributed by atoms with van der Waals surface area (Å²) < 4.78 is 0. The highest BCUT2D eigenvalue weighted by molar-refractivity contribution is 6.30. The average molecular weight is 276 g/mol. The first-order valence-electron chi connectivity index (χ1n) is 5.88. The fraction of sp³-hybridized carbons (Fsp3) is 0.133. The number of halogens is 1. The first-order chi connectivity index (χ1) is 9.06. The van der Waals surface area contributed by atoms with E-state index in [2.05, 4.69) is 5.32 Å². The van der Waals surface area contributed by atoms with E-state index < -0.39 is 12.0 Å².